The van der Waals surface area contributed by atoms with Crippen LogP contribution in [0, 0.1) is 0 Å². The van der Waals surface area contributed by atoms with Gasteiger partial charge in [-0.25, -0.2) is 4.98 Å². The van der Waals surface area contributed by atoms with Gasteiger partial charge in [-0.05, 0) is 6.42 Å². The molecular weight excluding hydrogens is 252 g/mol. The SMILES string of the molecule is CCc1nc(C(C)(C)C)c(-c2nnc(N)s2)s1. The van der Waals surface area contributed by atoms with E-state index in [2.05, 4.69) is 37.9 Å². The summed E-state index contributed by atoms with van der Waals surface area (Å²) in [5.74, 6) is 0. The van der Waals surface area contributed by atoms with Crippen molar-refractivity contribution in [1.82, 2.24) is 15.2 Å². The Hall–Kier alpha value is -1.01. The van der Waals surface area contributed by atoms with Crippen LogP contribution >= 0.6 is 22.7 Å². The summed E-state index contributed by atoms with van der Waals surface area (Å²) in [6.07, 6.45) is 0.946. The summed E-state index contributed by atoms with van der Waals surface area (Å²) >= 11 is 3.11. The first kappa shape index (κ1) is 12.4. The highest BCUT2D eigenvalue weighted by molar-refractivity contribution is 7.23. The molecule has 2 rings (SSSR count). The Morgan fingerprint density at radius 1 is 1.18 bits per heavy atom. The first-order chi connectivity index (χ1) is 7.91. The van der Waals surface area contributed by atoms with Crippen LogP contribution in [0.25, 0.3) is 9.88 Å². The largest absolute Gasteiger partial charge is 0.374 e. The first-order valence-corrected chi connectivity index (χ1v) is 7.14. The fraction of sp³-hybridized carbons (Fsp3) is 0.545. The maximum Gasteiger partial charge on any atom is 0.203 e. The Bertz CT molecular complexity index is 522. The number of thiazole rings is 1. The van der Waals surface area contributed by atoms with Gasteiger partial charge in [-0.15, -0.1) is 21.5 Å². The second-order valence-corrected chi connectivity index (χ2v) is 6.93. The summed E-state index contributed by atoms with van der Waals surface area (Å²) in [4.78, 5) is 5.82. The van der Waals surface area contributed by atoms with Gasteiger partial charge in [-0.2, -0.15) is 0 Å². The van der Waals surface area contributed by atoms with Crippen molar-refractivity contribution in [2.75, 3.05) is 5.73 Å². The third kappa shape index (κ3) is 2.47. The van der Waals surface area contributed by atoms with Gasteiger partial charge in [-0.3, -0.25) is 0 Å². The molecule has 0 saturated heterocycles. The van der Waals surface area contributed by atoms with Gasteiger partial charge in [0.1, 0.15) is 0 Å². The summed E-state index contributed by atoms with van der Waals surface area (Å²) in [6, 6.07) is 0. The zero-order valence-corrected chi connectivity index (χ0v) is 12.1. The van der Waals surface area contributed by atoms with E-state index < -0.39 is 0 Å². The number of hydrogen-bond acceptors (Lipinski definition) is 6. The van der Waals surface area contributed by atoms with Crippen LogP contribution in [0.1, 0.15) is 38.4 Å². The van der Waals surface area contributed by atoms with Crippen LogP contribution in [-0.4, -0.2) is 15.2 Å². The second-order valence-electron chi connectivity index (χ2n) is 4.83. The number of hydrogen-bond donors (Lipinski definition) is 1. The number of rotatable bonds is 2. The third-order valence-electron chi connectivity index (χ3n) is 2.32. The molecule has 0 amide bonds. The van der Waals surface area contributed by atoms with Crippen LogP contribution in [0.15, 0.2) is 0 Å². The predicted molar refractivity (Wildman–Crippen MR) is 73.5 cm³/mol. The molecule has 0 saturated carbocycles. The zero-order chi connectivity index (χ0) is 12.6. The highest BCUT2D eigenvalue weighted by atomic mass is 32.1. The number of nitrogens with two attached hydrogens (primary N) is 1. The molecule has 0 atom stereocenters. The molecule has 2 heterocycles. The van der Waals surface area contributed by atoms with E-state index in [4.69, 9.17) is 10.7 Å². The van der Waals surface area contributed by atoms with Crippen molar-refractivity contribution < 1.29 is 0 Å². The molecule has 17 heavy (non-hydrogen) atoms. The lowest BCUT2D eigenvalue weighted by Crippen LogP contribution is -2.13. The molecule has 2 aromatic heterocycles. The monoisotopic (exact) mass is 268 g/mol. The zero-order valence-electron chi connectivity index (χ0n) is 10.4. The number of nitrogen functional groups attached to an aromatic ring is 1. The van der Waals surface area contributed by atoms with Crippen LogP contribution < -0.4 is 5.73 Å². The third-order valence-corrected chi connectivity index (χ3v) is 4.42. The molecule has 6 heteroatoms. The molecule has 92 valence electrons. The molecule has 0 aliphatic rings. The van der Waals surface area contributed by atoms with Crippen molar-refractivity contribution in [3.05, 3.63) is 10.7 Å². The molecule has 0 spiro atoms. The molecule has 2 aromatic rings. The van der Waals surface area contributed by atoms with Crippen molar-refractivity contribution in [2.45, 2.75) is 39.5 Å². The summed E-state index contributed by atoms with van der Waals surface area (Å²) in [6.45, 7) is 8.60. The van der Waals surface area contributed by atoms with E-state index >= 15 is 0 Å². The highest BCUT2D eigenvalue weighted by Crippen LogP contribution is 2.38. The van der Waals surface area contributed by atoms with Gasteiger partial charge in [0.25, 0.3) is 0 Å². The minimum atomic E-state index is 0.0136. The molecule has 0 bridgehead atoms. The van der Waals surface area contributed by atoms with Crippen LogP contribution in [0.3, 0.4) is 0 Å². The lowest BCUT2D eigenvalue weighted by Gasteiger charge is -2.16. The van der Waals surface area contributed by atoms with Crippen LogP contribution in [0.5, 0.6) is 0 Å². The van der Waals surface area contributed by atoms with Gasteiger partial charge >= 0.3 is 0 Å². The Labute approximate surface area is 109 Å². The predicted octanol–water partition coefficient (Wildman–Crippen LogP) is 3.10. The average molecular weight is 268 g/mol. The van der Waals surface area contributed by atoms with Crippen LogP contribution in [0.4, 0.5) is 5.13 Å². The summed E-state index contributed by atoms with van der Waals surface area (Å²) in [7, 11) is 0. The molecule has 0 radical (unpaired) electrons. The van der Waals surface area contributed by atoms with Crippen molar-refractivity contribution in [2.24, 2.45) is 0 Å². The van der Waals surface area contributed by atoms with Gasteiger partial charge in [0.2, 0.25) is 5.13 Å². The topological polar surface area (TPSA) is 64.7 Å². The standard InChI is InChI=1S/C11H16N4S2/c1-5-6-13-8(11(2,3)4)7(16-6)9-14-15-10(12)17-9/h5H2,1-4H3,(H2,12,15). The second kappa shape index (κ2) is 4.34. The van der Waals surface area contributed by atoms with Crippen LogP contribution in [0.2, 0.25) is 0 Å². The molecule has 0 unspecified atom stereocenters. The molecule has 4 nitrogen and oxygen atoms in total. The number of aromatic nitrogens is 3. The van der Waals surface area contributed by atoms with Crippen molar-refractivity contribution in [3.63, 3.8) is 0 Å². The van der Waals surface area contributed by atoms with E-state index in [-0.39, 0.29) is 5.41 Å². The lowest BCUT2D eigenvalue weighted by molar-refractivity contribution is 0.572. The highest BCUT2D eigenvalue weighted by Gasteiger charge is 2.25. The summed E-state index contributed by atoms with van der Waals surface area (Å²) in [5.41, 5.74) is 6.75. The van der Waals surface area contributed by atoms with Crippen molar-refractivity contribution >= 4 is 27.8 Å². The van der Waals surface area contributed by atoms with Gasteiger partial charge in [-0.1, -0.05) is 39.0 Å². The van der Waals surface area contributed by atoms with E-state index in [0.29, 0.717) is 5.13 Å². The van der Waals surface area contributed by atoms with E-state index in [0.717, 1.165) is 27.0 Å². The fourth-order valence-electron chi connectivity index (χ4n) is 1.50. The van der Waals surface area contributed by atoms with E-state index in [9.17, 15) is 0 Å². The maximum atomic E-state index is 5.64. The Balaban J connectivity index is 2.56. The lowest BCUT2D eigenvalue weighted by atomic mass is 9.91. The van der Waals surface area contributed by atoms with Crippen molar-refractivity contribution in [1.29, 1.82) is 0 Å². The smallest absolute Gasteiger partial charge is 0.203 e. The van der Waals surface area contributed by atoms with Crippen molar-refractivity contribution in [3.8, 4) is 9.88 Å². The molecule has 0 aliphatic carbocycles. The number of anilines is 1. The summed E-state index contributed by atoms with van der Waals surface area (Å²) < 4.78 is 0. The molecule has 0 aliphatic heterocycles. The van der Waals surface area contributed by atoms with E-state index in [1.807, 2.05) is 0 Å². The normalized spacial score (nSPS) is 12.0. The minimum absolute atomic E-state index is 0.0136. The minimum Gasteiger partial charge on any atom is -0.374 e. The molecular formula is C11H16N4S2. The van der Waals surface area contributed by atoms with Gasteiger partial charge in [0.05, 0.1) is 15.6 Å². The number of aryl methyl sites for hydroxylation is 1. The molecule has 0 fully saturated rings. The quantitative estimate of drug-likeness (QED) is 0.909. The first-order valence-electron chi connectivity index (χ1n) is 5.51. The Morgan fingerprint density at radius 3 is 2.35 bits per heavy atom. The Morgan fingerprint density at radius 2 is 1.88 bits per heavy atom. The number of nitrogens with zero attached hydrogens (tertiary/aromatic N) is 3. The van der Waals surface area contributed by atoms with E-state index in [1.165, 1.54) is 11.3 Å². The van der Waals surface area contributed by atoms with Gasteiger partial charge < -0.3 is 5.73 Å². The summed E-state index contributed by atoms with van der Waals surface area (Å²) in [5, 5.41) is 10.5. The van der Waals surface area contributed by atoms with Gasteiger partial charge in [0, 0.05) is 5.41 Å². The molecule has 2 N–H and O–H groups in total. The van der Waals surface area contributed by atoms with Crippen LogP contribution in [-0.2, 0) is 11.8 Å². The fourth-order valence-corrected chi connectivity index (χ4v) is 3.39. The Kier molecular flexibility index (Phi) is 3.18. The van der Waals surface area contributed by atoms with E-state index in [1.54, 1.807) is 11.3 Å². The van der Waals surface area contributed by atoms with Gasteiger partial charge in [0.15, 0.2) is 5.01 Å². The molecule has 0 aromatic carbocycles. The average Bonchev–Trinajstić information content (AvgIpc) is 2.81. The maximum absolute atomic E-state index is 5.64.